The number of benzene rings is 1. The Balaban J connectivity index is 0.00000261. The number of aromatic nitrogens is 3. The average Bonchev–Trinajstić information content (AvgIpc) is 3.36. The Hall–Kier alpha value is -2.36. The maximum atomic E-state index is 5.55. The summed E-state index contributed by atoms with van der Waals surface area (Å²) < 4.78 is 7.47. The van der Waals surface area contributed by atoms with E-state index < -0.39 is 0 Å². The predicted octanol–water partition coefficient (Wildman–Crippen LogP) is 3.30. The lowest BCUT2D eigenvalue weighted by atomic mass is 10.2. The first-order chi connectivity index (χ1) is 12.8. The van der Waals surface area contributed by atoms with Crippen molar-refractivity contribution in [1.82, 2.24) is 25.4 Å². The van der Waals surface area contributed by atoms with Crippen molar-refractivity contribution < 1.29 is 4.42 Å². The molecule has 8 heteroatoms. The fourth-order valence-corrected chi connectivity index (χ4v) is 2.48. The van der Waals surface area contributed by atoms with Crippen LogP contribution in [0.2, 0.25) is 0 Å². The molecule has 2 heterocycles. The maximum absolute atomic E-state index is 5.55. The molecule has 0 fully saturated rings. The highest BCUT2D eigenvalue weighted by Gasteiger charge is 2.06. The highest BCUT2D eigenvalue weighted by molar-refractivity contribution is 14.0. The highest BCUT2D eigenvalue weighted by atomic mass is 127. The monoisotopic (exact) mass is 480 g/mol. The first-order valence-corrected chi connectivity index (χ1v) is 8.84. The number of hydrogen-bond donors (Lipinski definition) is 2. The molecule has 3 rings (SSSR count). The molecule has 0 aliphatic carbocycles. The first-order valence-electron chi connectivity index (χ1n) is 8.84. The molecular formula is C19H25IN6O. The SMILES string of the molecule is CCNC(=NCc1coc(-c2ccccc2)n1)NCCCn1cccn1.I. The van der Waals surface area contributed by atoms with E-state index in [9.17, 15) is 0 Å². The second-order valence-electron chi connectivity index (χ2n) is 5.75. The zero-order valence-corrected chi connectivity index (χ0v) is 17.7. The lowest BCUT2D eigenvalue weighted by Crippen LogP contribution is -2.38. The largest absolute Gasteiger partial charge is 0.444 e. The molecule has 0 aliphatic rings. The molecule has 1 aromatic carbocycles. The van der Waals surface area contributed by atoms with Crippen molar-refractivity contribution in [2.45, 2.75) is 26.4 Å². The third kappa shape index (κ3) is 6.70. The minimum absolute atomic E-state index is 0. The van der Waals surface area contributed by atoms with Gasteiger partial charge in [0.25, 0.3) is 0 Å². The van der Waals surface area contributed by atoms with Gasteiger partial charge in [0, 0.05) is 37.6 Å². The molecule has 0 spiro atoms. The zero-order valence-electron chi connectivity index (χ0n) is 15.3. The molecule has 0 bridgehead atoms. The van der Waals surface area contributed by atoms with E-state index in [4.69, 9.17) is 4.42 Å². The van der Waals surface area contributed by atoms with Crippen molar-refractivity contribution in [2.24, 2.45) is 4.99 Å². The van der Waals surface area contributed by atoms with Gasteiger partial charge in [-0.3, -0.25) is 4.68 Å². The van der Waals surface area contributed by atoms with E-state index in [0.29, 0.717) is 12.4 Å². The quantitative estimate of drug-likeness (QED) is 0.224. The van der Waals surface area contributed by atoms with Gasteiger partial charge in [0.1, 0.15) is 12.0 Å². The molecule has 0 saturated heterocycles. The molecule has 7 nitrogen and oxygen atoms in total. The van der Waals surface area contributed by atoms with Crippen molar-refractivity contribution in [3.05, 3.63) is 60.7 Å². The Bertz CT molecular complexity index is 801. The van der Waals surface area contributed by atoms with Crippen LogP contribution in [0.4, 0.5) is 0 Å². The summed E-state index contributed by atoms with van der Waals surface area (Å²) in [6, 6.07) is 11.8. The summed E-state index contributed by atoms with van der Waals surface area (Å²) in [6.45, 7) is 5.01. The van der Waals surface area contributed by atoms with Crippen LogP contribution in [0.5, 0.6) is 0 Å². The molecule has 2 N–H and O–H groups in total. The second kappa shape index (κ2) is 11.4. The van der Waals surface area contributed by atoms with Crippen LogP contribution < -0.4 is 10.6 Å². The van der Waals surface area contributed by atoms with Gasteiger partial charge < -0.3 is 15.1 Å². The predicted molar refractivity (Wildman–Crippen MR) is 117 cm³/mol. The third-order valence-corrected chi connectivity index (χ3v) is 3.73. The van der Waals surface area contributed by atoms with Crippen molar-refractivity contribution in [3.8, 4) is 11.5 Å². The summed E-state index contributed by atoms with van der Waals surface area (Å²) in [5, 5.41) is 10.8. The number of aryl methyl sites for hydroxylation is 1. The summed E-state index contributed by atoms with van der Waals surface area (Å²) in [5.41, 5.74) is 1.77. The van der Waals surface area contributed by atoms with Crippen LogP contribution in [0.3, 0.4) is 0 Å². The minimum atomic E-state index is 0. The van der Waals surface area contributed by atoms with Crippen LogP contribution in [0.25, 0.3) is 11.5 Å². The van der Waals surface area contributed by atoms with Crippen molar-refractivity contribution in [1.29, 1.82) is 0 Å². The van der Waals surface area contributed by atoms with Crippen LogP contribution in [0.15, 0.2) is 64.5 Å². The van der Waals surface area contributed by atoms with Crippen molar-refractivity contribution in [3.63, 3.8) is 0 Å². The summed E-state index contributed by atoms with van der Waals surface area (Å²) >= 11 is 0. The van der Waals surface area contributed by atoms with Gasteiger partial charge in [-0.1, -0.05) is 18.2 Å². The highest BCUT2D eigenvalue weighted by Crippen LogP contribution is 2.18. The molecule has 27 heavy (non-hydrogen) atoms. The molecular weight excluding hydrogens is 455 g/mol. The van der Waals surface area contributed by atoms with Gasteiger partial charge in [-0.05, 0) is 31.5 Å². The second-order valence-corrected chi connectivity index (χ2v) is 5.75. The van der Waals surface area contributed by atoms with Gasteiger partial charge in [-0.2, -0.15) is 5.10 Å². The van der Waals surface area contributed by atoms with Crippen LogP contribution in [-0.4, -0.2) is 33.8 Å². The Morgan fingerprint density at radius 2 is 2.04 bits per heavy atom. The molecule has 0 radical (unpaired) electrons. The van der Waals surface area contributed by atoms with Gasteiger partial charge in [0.05, 0.1) is 6.54 Å². The lowest BCUT2D eigenvalue weighted by molar-refractivity contribution is 0.569. The van der Waals surface area contributed by atoms with Gasteiger partial charge in [0.15, 0.2) is 5.96 Å². The molecule has 0 amide bonds. The van der Waals surface area contributed by atoms with Crippen LogP contribution >= 0.6 is 24.0 Å². The molecule has 0 unspecified atom stereocenters. The molecule has 0 saturated carbocycles. The number of nitrogens with zero attached hydrogens (tertiary/aromatic N) is 4. The van der Waals surface area contributed by atoms with Gasteiger partial charge in [-0.25, -0.2) is 9.98 Å². The average molecular weight is 480 g/mol. The topological polar surface area (TPSA) is 80.3 Å². The fourth-order valence-electron chi connectivity index (χ4n) is 2.48. The standard InChI is InChI=1S/C19H24N6O.HI/c1-2-20-19(21-10-6-12-25-13-7-11-23-25)22-14-17-15-26-18(24-17)16-8-4-3-5-9-16;/h3-5,7-9,11,13,15H,2,6,10,12,14H2,1H3,(H2,20,21,22);1H. The summed E-state index contributed by atoms with van der Waals surface area (Å²) in [6.07, 6.45) is 6.38. The van der Waals surface area contributed by atoms with E-state index in [1.54, 1.807) is 12.5 Å². The summed E-state index contributed by atoms with van der Waals surface area (Å²) in [5.74, 6) is 1.39. The van der Waals surface area contributed by atoms with Crippen molar-refractivity contribution in [2.75, 3.05) is 13.1 Å². The number of aliphatic imine (C=N–C) groups is 1. The third-order valence-electron chi connectivity index (χ3n) is 3.73. The Labute approximate surface area is 176 Å². The van der Waals surface area contributed by atoms with Gasteiger partial charge in [0.2, 0.25) is 5.89 Å². The maximum Gasteiger partial charge on any atom is 0.226 e. The number of guanidine groups is 1. The van der Waals surface area contributed by atoms with E-state index in [2.05, 4.69) is 25.7 Å². The van der Waals surface area contributed by atoms with Crippen LogP contribution in [-0.2, 0) is 13.1 Å². The Kier molecular flexibility index (Phi) is 8.82. The van der Waals surface area contributed by atoms with E-state index in [1.807, 2.05) is 54.2 Å². The number of halogens is 1. The van der Waals surface area contributed by atoms with Crippen LogP contribution in [0, 0.1) is 0 Å². The van der Waals surface area contributed by atoms with E-state index >= 15 is 0 Å². The van der Waals surface area contributed by atoms with Gasteiger partial charge >= 0.3 is 0 Å². The molecule has 0 aliphatic heterocycles. The normalized spacial score (nSPS) is 11.1. The Morgan fingerprint density at radius 1 is 1.19 bits per heavy atom. The minimum Gasteiger partial charge on any atom is -0.444 e. The molecule has 0 atom stereocenters. The number of oxazole rings is 1. The molecule has 2 aromatic heterocycles. The van der Waals surface area contributed by atoms with Gasteiger partial charge in [-0.15, -0.1) is 24.0 Å². The van der Waals surface area contributed by atoms with Crippen molar-refractivity contribution >= 4 is 29.9 Å². The smallest absolute Gasteiger partial charge is 0.226 e. The number of rotatable bonds is 8. The zero-order chi connectivity index (χ0) is 18.0. The van der Waals surface area contributed by atoms with Crippen LogP contribution in [0.1, 0.15) is 19.0 Å². The number of hydrogen-bond acceptors (Lipinski definition) is 4. The summed E-state index contributed by atoms with van der Waals surface area (Å²) in [7, 11) is 0. The summed E-state index contributed by atoms with van der Waals surface area (Å²) in [4.78, 5) is 9.08. The van der Waals surface area contributed by atoms with E-state index in [-0.39, 0.29) is 24.0 Å². The Morgan fingerprint density at radius 3 is 2.78 bits per heavy atom. The molecule has 144 valence electrons. The first kappa shape index (κ1) is 20.9. The van der Waals surface area contributed by atoms with E-state index in [1.165, 1.54) is 0 Å². The lowest BCUT2D eigenvalue weighted by Gasteiger charge is -2.10. The molecule has 3 aromatic rings. The number of nitrogens with one attached hydrogen (secondary N) is 2. The fraction of sp³-hybridized carbons (Fsp3) is 0.316. The van der Waals surface area contributed by atoms with E-state index in [0.717, 1.165) is 43.3 Å².